The monoisotopic (exact) mass is 240 g/mol. The maximum atomic E-state index is 5.94. The molecule has 2 heterocycles. The van der Waals surface area contributed by atoms with Crippen LogP contribution in [0, 0.1) is 0 Å². The summed E-state index contributed by atoms with van der Waals surface area (Å²) in [4.78, 5) is 2.64. The summed E-state index contributed by atoms with van der Waals surface area (Å²) in [6.07, 6.45) is 3.66. The predicted molar refractivity (Wildman–Crippen MR) is 71.3 cm³/mol. The predicted octanol–water partition coefficient (Wildman–Crippen LogP) is 2.02. The Bertz CT molecular complexity index is 259. The Labute approximate surface area is 106 Å². The fraction of sp³-hybridized carbons (Fsp3) is 1.00. The smallest absolute Gasteiger partial charge is 0.0781 e. The second-order valence-electron chi connectivity index (χ2n) is 6.63. The molecule has 2 saturated heterocycles. The molecule has 0 amide bonds. The van der Waals surface area contributed by atoms with Crippen molar-refractivity contribution in [1.82, 2.24) is 10.2 Å². The van der Waals surface area contributed by atoms with Gasteiger partial charge in [0.15, 0.2) is 0 Å². The van der Waals surface area contributed by atoms with E-state index in [1.165, 1.54) is 19.3 Å². The molecule has 0 aromatic heterocycles. The minimum Gasteiger partial charge on any atom is -0.374 e. The molecule has 0 aliphatic carbocycles. The topological polar surface area (TPSA) is 24.5 Å². The third-order valence-corrected chi connectivity index (χ3v) is 4.24. The van der Waals surface area contributed by atoms with Gasteiger partial charge in [-0.25, -0.2) is 0 Å². The summed E-state index contributed by atoms with van der Waals surface area (Å²) in [7, 11) is 0. The van der Waals surface area contributed by atoms with E-state index < -0.39 is 0 Å². The van der Waals surface area contributed by atoms with Gasteiger partial charge in [0.05, 0.1) is 5.60 Å². The summed E-state index contributed by atoms with van der Waals surface area (Å²) in [6.45, 7) is 13.4. The molecular formula is C14H28N2O. The molecule has 0 spiro atoms. The largest absolute Gasteiger partial charge is 0.374 e. The van der Waals surface area contributed by atoms with Crippen molar-refractivity contribution in [1.29, 1.82) is 0 Å². The van der Waals surface area contributed by atoms with Crippen LogP contribution in [0.5, 0.6) is 0 Å². The van der Waals surface area contributed by atoms with Crippen LogP contribution in [0.1, 0.15) is 47.0 Å². The zero-order valence-electron chi connectivity index (χ0n) is 11.9. The molecule has 2 aliphatic rings. The SMILES string of the molecule is CCC1CNC(C)(C)CN1CC1(C)CCCO1. The van der Waals surface area contributed by atoms with E-state index in [1.54, 1.807) is 0 Å². The van der Waals surface area contributed by atoms with Gasteiger partial charge in [0.2, 0.25) is 0 Å². The molecule has 0 radical (unpaired) electrons. The van der Waals surface area contributed by atoms with E-state index in [9.17, 15) is 0 Å². The number of hydrogen-bond donors (Lipinski definition) is 1. The van der Waals surface area contributed by atoms with Crippen LogP contribution in [-0.4, -0.2) is 48.3 Å². The molecular weight excluding hydrogens is 212 g/mol. The first-order valence-corrected chi connectivity index (χ1v) is 7.07. The molecule has 3 heteroatoms. The standard InChI is InChI=1S/C14H28N2O/c1-5-12-9-15-13(2,3)10-16(12)11-14(4)7-6-8-17-14/h12,15H,5-11H2,1-4H3. The van der Waals surface area contributed by atoms with Crippen molar-refractivity contribution in [2.24, 2.45) is 0 Å². The summed E-state index contributed by atoms with van der Waals surface area (Å²) < 4.78 is 5.94. The second-order valence-corrected chi connectivity index (χ2v) is 6.63. The van der Waals surface area contributed by atoms with Crippen molar-refractivity contribution in [2.75, 3.05) is 26.2 Å². The molecule has 1 N–H and O–H groups in total. The Hall–Kier alpha value is -0.120. The average Bonchev–Trinajstić information content (AvgIpc) is 2.64. The molecule has 17 heavy (non-hydrogen) atoms. The van der Waals surface area contributed by atoms with Crippen LogP contribution >= 0.6 is 0 Å². The van der Waals surface area contributed by atoms with Crippen LogP contribution < -0.4 is 5.32 Å². The second kappa shape index (κ2) is 4.87. The highest BCUT2D eigenvalue weighted by atomic mass is 16.5. The zero-order chi connectivity index (χ0) is 12.5. The molecule has 2 unspecified atom stereocenters. The van der Waals surface area contributed by atoms with Crippen molar-refractivity contribution in [3.8, 4) is 0 Å². The first-order valence-electron chi connectivity index (χ1n) is 7.07. The third kappa shape index (κ3) is 3.21. The fourth-order valence-electron chi connectivity index (χ4n) is 3.19. The number of nitrogens with one attached hydrogen (secondary N) is 1. The van der Waals surface area contributed by atoms with Crippen molar-refractivity contribution >= 4 is 0 Å². The minimum absolute atomic E-state index is 0.0981. The third-order valence-electron chi connectivity index (χ3n) is 4.24. The normalized spacial score (nSPS) is 38.5. The van der Waals surface area contributed by atoms with Crippen LogP contribution in [0.25, 0.3) is 0 Å². The van der Waals surface area contributed by atoms with E-state index in [-0.39, 0.29) is 11.1 Å². The highest BCUT2D eigenvalue weighted by Crippen LogP contribution is 2.28. The Morgan fingerprint density at radius 1 is 1.35 bits per heavy atom. The number of piperazine rings is 1. The number of hydrogen-bond acceptors (Lipinski definition) is 3. The average molecular weight is 240 g/mol. The van der Waals surface area contributed by atoms with Crippen molar-refractivity contribution < 1.29 is 4.74 Å². The Morgan fingerprint density at radius 2 is 2.12 bits per heavy atom. The lowest BCUT2D eigenvalue weighted by Gasteiger charge is -2.46. The Morgan fingerprint density at radius 3 is 2.71 bits per heavy atom. The first kappa shape index (κ1) is 13.3. The number of ether oxygens (including phenoxy) is 1. The highest BCUT2D eigenvalue weighted by molar-refractivity contribution is 4.95. The van der Waals surface area contributed by atoms with E-state index in [4.69, 9.17) is 4.74 Å². The van der Waals surface area contributed by atoms with Gasteiger partial charge in [0.1, 0.15) is 0 Å². The van der Waals surface area contributed by atoms with Gasteiger partial charge < -0.3 is 10.1 Å². The van der Waals surface area contributed by atoms with E-state index in [0.717, 1.165) is 26.2 Å². The van der Waals surface area contributed by atoms with Crippen LogP contribution in [0.15, 0.2) is 0 Å². The summed E-state index contributed by atoms with van der Waals surface area (Å²) in [5, 5.41) is 3.64. The van der Waals surface area contributed by atoms with E-state index in [0.29, 0.717) is 6.04 Å². The minimum atomic E-state index is 0.0981. The lowest BCUT2D eigenvalue weighted by Crippen LogP contribution is -2.63. The summed E-state index contributed by atoms with van der Waals surface area (Å²) in [5.41, 5.74) is 0.335. The van der Waals surface area contributed by atoms with Crippen LogP contribution in [0.2, 0.25) is 0 Å². The maximum absolute atomic E-state index is 5.94. The fourth-order valence-corrected chi connectivity index (χ4v) is 3.19. The molecule has 0 aromatic carbocycles. The molecule has 0 bridgehead atoms. The van der Waals surface area contributed by atoms with Gasteiger partial charge in [-0.15, -0.1) is 0 Å². The number of nitrogens with zero attached hydrogens (tertiary/aromatic N) is 1. The van der Waals surface area contributed by atoms with Gasteiger partial charge in [0.25, 0.3) is 0 Å². The molecule has 0 saturated carbocycles. The molecule has 100 valence electrons. The van der Waals surface area contributed by atoms with Gasteiger partial charge >= 0.3 is 0 Å². The van der Waals surface area contributed by atoms with Gasteiger partial charge in [-0.3, -0.25) is 4.90 Å². The lowest BCUT2D eigenvalue weighted by atomic mass is 9.94. The summed E-state index contributed by atoms with van der Waals surface area (Å²) >= 11 is 0. The van der Waals surface area contributed by atoms with Gasteiger partial charge in [-0.1, -0.05) is 6.92 Å². The van der Waals surface area contributed by atoms with Gasteiger partial charge in [-0.2, -0.15) is 0 Å². The summed E-state index contributed by atoms with van der Waals surface area (Å²) in [6, 6.07) is 0.670. The van der Waals surface area contributed by atoms with Gasteiger partial charge in [-0.05, 0) is 40.0 Å². The molecule has 2 rings (SSSR count). The molecule has 3 nitrogen and oxygen atoms in total. The van der Waals surface area contributed by atoms with Crippen molar-refractivity contribution in [3.63, 3.8) is 0 Å². The molecule has 2 fully saturated rings. The quantitative estimate of drug-likeness (QED) is 0.817. The Kier molecular flexibility index (Phi) is 3.81. The van der Waals surface area contributed by atoms with Crippen LogP contribution in [0.4, 0.5) is 0 Å². The van der Waals surface area contributed by atoms with Crippen LogP contribution in [0.3, 0.4) is 0 Å². The van der Waals surface area contributed by atoms with E-state index in [2.05, 4.69) is 37.9 Å². The molecule has 2 aliphatic heterocycles. The molecule has 0 aromatic rings. The maximum Gasteiger partial charge on any atom is 0.0781 e. The van der Waals surface area contributed by atoms with Crippen molar-refractivity contribution in [3.05, 3.63) is 0 Å². The van der Waals surface area contributed by atoms with E-state index in [1.807, 2.05) is 0 Å². The van der Waals surface area contributed by atoms with Crippen LogP contribution in [-0.2, 0) is 4.74 Å². The van der Waals surface area contributed by atoms with Gasteiger partial charge in [0, 0.05) is 37.8 Å². The highest BCUT2D eigenvalue weighted by Gasteiger charge is 2.38. The number of rotatable bonds is 3. The summed E-state index contributed by atoms with van der Waals surface area (Å²) in [5.74, 6) is 0. The lowest BCUT2D eigenvalue weighted by molar-refractivity contribution is -0.0344. The van der Waals surface area contributed by atoms with Crippen molar-refractivity contribution in [2.45, 2.75) is 64.1 Å². The molecule has 2 atom stereocenters. The van der Waals surface area contributed by atoms with E-state index >= 15 is 0 Å². The first-order chi connectivity index (χ1) is 7.94. The zero-order valence-corrected chi connectivity index (χ0v) is 11.9. The Balaban J connectivity index is 2.00.